The molecule has 0 radical (unpaired) electrons. The van der Waals surface area contributed by atoms with Crippen LogP contribution < -0.4 is 5.32 Å². The zero-order valence-corrected chi connectivity index (χ0v) is 16.1. The van der Waals surface area contributed by atoms with E-state index in [2.05, 4.69) is 31.1 Å². The Morgan fingerprint density at radius 1 is 1.52 bits per heavy atom. The summed E-state index contributed by atoms with van der Waals surface area (Å²) in [6.45, 7) is 6.71. The van der Waals surface area contributed by atoms with Gasteiger partial charge >= 0.3 is 6.03 Å². The zero-order chi connectivity index (χ0) is 18.2. The van der Waals surface area contributed by atoms with Crippen LogP contribution in [0.3, 0.4) is 0 Å². The van der Waals surface area contributed by atoms with Crippen LogP contribution in [0.2, 0.25) is 0 Å². The van der Waals surface area contributed by atoms with Crippen molar-refractivity contribution in [3.63, 3.8) is 0 Å². The van der Waals surface area contributed by atoms with Crippen molar-refractivity contribution in [3.05, 3.63) is 29.5 Å². The van der Waals surface area contributed by atoms with Gasteiger partial charge in [0.15, 0.2) is 0 Å². The maximum atomic E-state index is 12.5. The summed E-state index contributed by atoms with van der Waals surface area (Å²) >= 11 is 1.57. The number of aromatic nitrogens is 1. The van der Waals surface area contributed by atoms with Crippen LogP contribution in [0.25, 0.3) is 10.8 Å². The molecule has 1 saturated carbocycles. The summed E-state index contributed by atoms with van der Waals surface area (Å²) in [7, 11) is 3.56. The Morgan fingerprint density at radius 2 is 2.28 bits per heavy atom. The molecular formula is C18H25N3O3S. The number of nitrogens with one attached hydrogen (secondary N) is 1. The fourth-order valence-electron chi connectivity index (χ4n) is 3.41. The lowest BCUT2D eigenvalue weighted by Crippen LogP contribution is -2.69. The largest absolute Gasteiger partial charge is 0.443 e. The van der Waals surface area contributed by atoms with Gasteiger partial charge in [-0.25, -0.2) is 9.78 Å². The first-order chi connectivity index (χ1) is 11.8. The van der Waals surface area contributed by atoms with Crippen LogP contribution >= 0.6 is 11.3 Å². The predicted molar refractivity (Wildman–Crippen MR) is 97.4 cm³/mol. The lowest BCUT2D eigenvalue weighted by atomic mass is 9.55. The molecule has 7 heteroatoms. The van der Waals surface area contributed by atoms with Gasteiger partial charge in [0.1, 0.15) is 6.26 Å². The minimum atomic E-state index is -0.200. The third kappa shape index (κ3) is 3.06. The van der Waals surface area contributed by atoms with Crippen molar-refractivity contribution in [2.45, 2.75) is 45.4 Å². The van der Waals surface area contributed by atoms with Crippen LogP contribution in [-0.2, 0) is 11.3 Å². The summed E-state index contributed by atoms with van der Waals surface area (Å²) in [6.07, 6.45) is 2.41. The summed E-state index contributed by atoms with van der Waals surface area (Å²) in [5, 5.41) is 4.89. The van der Waals surface area contributed by atoms with Gasteiger partial charge in [-0.2, -0.15) is 0 Å². The molecule has 2 aromatic rings. The highest BCUT2D eigenvalue weighted by molar-refractivity contribution is 7.13. The maximum absolute atomic E-state index is 12.5. The number of hydrogen-bond acceptors (Lipinski definition) is 5. The molecule has 1 N–H and O–H groups in total. The summed E-state index contributed by atoms with van der Waals surface area (Å²) in [5.74, 6) is 0.587. The van der Waals surface area contributed by atoms with Crippen molar-refractivity contribution in [1.82, 2.24) is 15.2 Å². The fourth-order valence-corrected chi connectivity index (χ4v) is 4.07. The number of ether oxygens (including phenoxy) is 1. The van der Waals surface area contributed by atoms with Crippen LogP contribution in [0.1, 0.15) is 32.9 Å². The lowest BCUT2D eigenvalue weighted by Gasteiger charge is -2.61. The van der Waals surface area contributed by atoms with Gasteiger partial charge in [-0.1, -0.05) is 19.9 Å². The topological polar surface area (TPSA) is 67.6 Å². The number of methoxy groups -OCH3 is 1. The molecule has 0 bridgehead atoms. The molecule has 136 valence electrons. The molecule has 3 rings (SSSR count). The van der Waals surface area contributed by atoms with E-state index < -0.39 is 0 Å². The molecule has 0 saturated heterocycles. The van der Waals surface area contributed by atoms with Crippen molar-refractivity contribution < 1.29 is 13.9 Å². The van der Waals surface area contributed by atoms with E-state index in [9.17, 15) is 4.79 Å². The molecule has 2 aromatic heterocycles. The SMILES string of the molecule is COC1(C)CC(N(C)C(=O)NCc2coc(-c3cccs3)n2)C1(C)C. The van der Waals surface area contributed by atoms with E-state index in [1.807, 2.05) is 24.6 Å². The van der Waals surface area contributed by atoms with Crippen LogP contribution in [0, 0.1) is 5.41 Å². The lowest BCUT2D eigenvalue weighted by molar-refractivity contribution is -0.198. The van der Waals surface area contributed by atoms with Gasteiger partial charge < -0.3 is 19.4 Å². The highest BCUT2D eigenvalue weighted by atomic mass is 32.1. The number of carbonyl (C=O) groups is 1. The van der Waals surface area contributed by atoms with Crippen LogP contribution in [0.5, 0.6) is 0 Å². The molecule has 0 spiro atoms. The van der Waals surface area contributed by atoms with Crippen LogP contribution in [0.4, 0.5) is 4.79 Å². The van der Waals surface area contributed by atoms with Gasteiger partial charge in [-0.05, 0) is 24.8 Å². The van der Waals surface area contributed by atoms with Crippen molar-refractivity contribution in [2.24, 2.45) is 5.41 Å². The molecule has 6 nitrogen and oxygen atoms in total. The molecular weight excluding hydrogens is 338 g/mol. The zero-order valence-electron chi connectivity index (χ0n) is 15.3. The van der Waals surface area contributed by atoms with E-state index in [0.717, 1.165) is 11.3 Å². The minimum Gasteiger partial charge on any atom is -0.443 e. The average Bonchev–Trinajstić information content (AvgIpc) is 3.27. The number of urea groups is 1. The molecule has 0 aromatic carbocycles. The van der Waals surface area contributed by atoms with Gasteiger partial charge in [0, 0.05) is 25.6 Å². The Kier molecular flexibility index (Phi) is 4.64. The van der Waals surface area contributed by atoms with Gasteiger partial charge in [0.2, 0.25) is 5.89 Å². The first kappa shape index (κ1) is 17.9. The van der Waals surface area contributed by atoms with E-state index in [-0.39, 0.29) is 23.1 Å². The number of thiophene rings is 1. The predicted octanol–water partition coefficient (Wildman–Crippen LogP) is 3.75. The number of carbonyl (C=O) groups excluding carboxylic acids is 1. The number of amides is 2. The van der Waals surface area contributed by atoms with E-state index >= 15 is 0 Å². The van der Waals surface area contributed by atoms with E-state index in [4.69, 9.17) is 9.15 Å². The Bertz CT molecular complexity index is 741. The van der Waals surface area contributed by atoms with Gasteiger partial charge in [0.05, 0.1) is 22.7 Å². The van der Waals surface area contributed by atoms with Crippen molar-refractivity contribution in [1.29, 1.82) is 0 Å². The third-order valence-corrected chi connectivity index (χ3v) is 6.58. The highest BCUT2D eigenvalue weighted by Gasteiger charge is 2.59. The quantitative estimate of drug-likeness (QED) is 0.878. The molecule has 1 aliphatic carbocycles. The molecule has 2 atom stereocenters. The van der Waals surface area contributed by atoms with Crippen LogP contribution in [-0.4, -0.2) is 41.7 Å². The molecule has 2 unspecified atom stereocenters. The van der Waals surface area contributed by atoms with Gasteiger partial charge in [-0.15, -0.1) is 11.3 Å². The van der Waals surface area contributed by atoms with E-state index in [1.165, 1.54) is 0 Å². The smallest absolute Gasteiger partial charge is 0.317 e. The highest BCUT2D eigenvalue weighted by Crippen LogP contribution is 2.53. The molecule has 1 aliphatic rings. The standard InChI is InChI=1S/C18H25N3O3S/c1-17(2)14(9-18(17,3)23-5)21(4)16(22)19-10-12-11-24-15(20-12)13-7-6-8-25-13/h6-8,11,14H,9-10H2,1-5H3,(H,19,22). The second-order valence-electron chi connectivity index (χ2n) is 7.27. The van der Waals surface area contributed by atoms with Crippen molar-refractivity contribution >= 4 is 17.4 Å². The molecule has 0 aliphatic heterocycles. The van der Waals surface area contributed by atoms with E-state index in [0.29, 0.717) is 18.1 Å². The van der Waals surface area contributed by atoms with Gasteiger partial charge in [0.25, 0.3) is 0 Å². The Balaban J connectivity index is 1.56. The monoisotopic (exact) mass is 363 g/mol. The normalized spacial score (nSPS) is 24.6. The molecule has 2 heterocycles. The summed E-state index contributed by atoms with van der Waals surface area (Å²) in [4.78, 5) is 19.7. The number of hydrogen-bond donors (Lipinski definition) is 1. The average molecular weight is 363 g/mol. The molecule has 25 heavy (non-hydrogen) atoms. The fraction of sp³-hybridized carbons (Fsp3) is 0.556. The Labute approximate surface area is 152 Å². The van der Waals surface area contributed by atoms with Gasteiger partial charge in [-0.3, -0.25) is 0 Å². The van der Waals surface area contributed by atoms with Crippen LogP contribution in [0.15, 0.2) is 28.2 Å². The summed E-state index contributed by atoms with van der Waals surface area (Å²) < 4.78 is 11.1. The number of rotatable bonds is 5. The molecule has 2 amide bonds. The van der Waals surface area contributed by atoms with E-state index in [1.54, 1.807) is 29.6 Å². The number of oxazole rings is 1. The van der Waals surface area contributed by atoms with Crippen molar-refractivity contribution in [2.75, 3.05) is 14.2 Å². The first-order valence-electron chi connectivity index (χ1n) is 8.32. The Morgan fingerprint density at radius 3 is 2.88 bits per heavy atom. The summed E-state index contributed by atoms with van der Waals surface area (Å²) in [5.41, 5.74) is 0.405. The maximum Gasteiger partial charge on any atom is 0.317 e. The van der Waals surface area contributed by atoms with Crippen molar-refractivity contribution in [3.8, 4) is 10.8 Å². The first-order valence-corrected chi connectivity index (χ1v) is 9.20. The molecule has 1 fully saturated rings. The summed E-state index contributed by atoms with van der Waals surface area (Å²) in [6, 6.07) is 3.93. The third-order valence-electron chi connectivity index (χ3n) is 5.72. The second-order valence-corrected chi connectivity index (χ2v) is 8.22. The second kappa shape index (κ2) is 6.46. The minimum absolute atomic E-state index is 0.103. The Hall–Kier alpha value is -1.86. The number of nitrogens with zero attached hydrogens (tertiary/aromatic N) is 2.